The lowest BCUT2D eigenvalue weighted by Gasteiger charge is -2.32. The third-order valence-electron chi connectivity index (χ3n) is 6.04. The zero-order chi connectivity index (χ0) is 21.8. The predicted molar refractivity (Wildman–Crippen MR) is 118 cm³/mol. The number of nitrogens with one attached hydrogen (secondary N) is 1. The van der Waals surface area contributed by atoms with Gasteiger partial charge >= 0.3 is 0 Å². The Bertz CT molecular complexity index is 997. The Morgan fingerprint density at radius 1 is 1.00 bits per heavy atom. The Kier molecular flexibility index (Phi) is 5.84. The maximum atomic E-state index is 13.6. The molecule has 0 spiro atoms. The summed E-state index contributed by atoms with van der Waals surface area (Å²) in [6, 6.07) is 15.4. The van der Waals surface area contributed by atoms with Crippen LogP contribution in [0.4, 0.5) is 11.4 Å². The molecule has 7 heteroatoms. The summed E-state index contributed by atoms with van der Waals surface area (Å²) < 4.78 is 0. The molecule has 2 aromatic rings. The second-order valence-electron chi connectivity index (χ2n) is 8.18. The van der Waals surface area contributed by atoms with Gasteiger partial charge in [-0.25, -0.2) is 0 Å². The molecule has 2 aliphatic rings. The number of carbonyl (C=O) groups excluding carboxylic acids is 2. The van der Waals surface area contributed by atoms with Gasteiger partial charge in [0.25, 0.3) is 11.6 Å². The van der Waals surface area contributed by atoms with Gasteiger partial charge in [-0.3, -0.25) is 24.6 Å². The Labute approximate surface area is 180 Å². The van der Waals surface area contributed by atoms with E-state index >= 15 is 0 Å². The number of carbonyl (C=O) groups is 2. The van der Waals surface area contributed by atoms with Crippen molar-refractivity contribution in [2.45, 2.75) is 50.1 Å². The van der Waals surface area contributed by atoms with Crippen LogP contribution in [-0.4, -0.2) is 33.2 Å². The topological polar surface area (TPSA) is 92.5 Å². The molecule has 1 atom stereocenters. The van der Waals surface area contributed by atoms with Gasteiger partial charge in [0, 0.05) is 23.9 Å². The number of non-ortho nitro benzene ring substituents is 1. The molecule has 1 unspecified atom stereocenters. The van der Waals surface area contributed by atoms with E-state index in [0.717, 1.165) is 37.7 Å². The minimum absolute atomic E-state index is 0.0165. The molecule has 7 nitrogen and oxygen atoms in total. The molecule has 31 heavy (non-hydrogen) atoms. The van der Waals surface area contributed by atoms with E-state index in [4.69, 9.17) is 0 Å². The highest BCUT2D eigenvalue weighted by Crippen LogP contribution is 2.35. The van der Waals surface area contributed by atoms with Gasteiger partial charge in [-0.05, 0) is 36.6 Å². The number of hydrogen-bond acceptors (Lipinski definition) is 5. The summed E-state index contributed by atoms with van der Waals surface area (Å²) in [5, 5.41) is 14.2. The third-order valence-corrected chi connectivity index (χ3v) is 6.04. The molecule has 4 rings (SSSR count). The molecule has 0 aromatic heterocycles. The molecule has 2 amide bonds. The quantitative estimate of drug-likeness (QED) is 0.421. The first-order chi connectivity index (χ1) is 15.0. The summed E-state index contributed by atoms with van der Waals surface area (Å²) in [7, 11) is 0. The van der Waals surface area contributed by atoms with Crippen molar-refractivity contribution in [2.24, 2.45) is 0 Å². The lowest BCUT2D eigenvalue weighted by Crippen LogP contribution is -2.48. The van der Waals surface area contributed by atoms with Gasteiger partial charge in [0.2, 0.25) is 5.91 Å². The first-order valence-corrected chi connectivity index (χ1v) is 10.6. The zero-order valence-corrected chi connectivity index (χ0v) is 17.2. The molecule has 1 saturated heterocycles. The first kappa shape index (κ1) is 20.8. The number of anilines is 1. The fourth-order valence-corrected chi connectivity index (χ4v) is 4.43. The van der Waals surface area contributed by atoms with E-state index in [1.807, 2.05) is 36.4 Å². The summed E-state index contributed by atoms with van der Waals surface area (Å²) in [5.74, 6) is -0.432. The van der Waals surface area contributed by atoms with Crippen LogP contribution in [0.25, 0.3) is 6.08 Å². The number of amides is 2. The minimum Gasteiger partial charge on any atom is -0.368 e. The monoisotopic (exact) mass is 419 g/mol. The van der Waals surface area contributed by atoms with Crippen molar-refractivity contribution in [3.63, 3.8) is 0 Å². The van der Waals surface area contributed by atoms with Crippen molar-refractivity contribution >= 4 is 29.3 Å². The summed E-state index contributed by atoms with van der Waals surface area (Å²) in [6.45, 7) is 0. The molecule has 1 heterocycles. The lowest BCUT2D eigenvalue weighted by atomic mass is 9.93. The predicted octanol–water partition coefficient (Wildman–Crippen LogP) is 4.55. The maximum absolute atomic E-state index is 13.6. The van der Waals surface area contributed by atoms with Gasteiger partial charge in [0.05, 0.1) is 11.3 Å². The molecule has 1 N–H and O–H groups in total. The molecular weight excluding hydrogens is 394 g/mol. The van der Waals surface area contributed by atoms with Crippen molar-refractivity contribution < 1.29 is 14.5 Å². The van der Waals surface area contributed by atoms with E-state index in [1.165, 1.54) is 17.0 Å². The fourth-order valence-electron chi connectivity index (χ4n) is 4.43. The second-order valence-corrected chi connectivity index (χ2v) is 8.18. The molecule has 2 aromatic carbocycles. The number of imide groups is 1. The molecule has 0 bridgehead atoms. The largest absolute Gasteiger partial charge is 0.368 e. The van der Waals surface area contributed by atoms with Gasteiger partial charge < -0.3 is 5.32 Å². The number of benzene rings is 2. The van der Waals surface area contributed by atoms with Gasteiger partial charge in [0.15, 0.2) is 0 Å². The average molecular weight is 419 g/mol. The number of likely N-dealkylation sites (tertiary alicyclic amines) is 1. The van der Waals surface area contributed by atoms with E-state index in [0.29, 0.717) is 5.69 Å². The Balaban J connectivity index is 1.67. The van der Waals surface area contributed by atoms with Gasteiger partial charge in [-0.2, -0.15) is 0 Å². The summed E-state index contributed by atoms with van der Waals surface area (Å²) >= 11 is 0. The molecule has 1 aliphatic heterocycles. The first-order valence-electron chi connectivity index (χ1n) is 10.6. The van der Waals surface area contributed by atoms with Crippen molar-refractivity contribution in [1.29, 1.82) is 0 Å². The molecule has 160 valence electrons. The van der Waals surface area contributed by atoms with Crippen LogP contribution in [0.1, 0.15) is 44.1 Å². The van der Waals surface area contributed by atoms with E-state index < -0.39 is 10.5 Å². The summed E-state index contributed by atoms with van der Waals surface area (Å²) in [5.41, 5.74) is 0.219. The number of nitrogens with zero attached hydrogens (tertiary/aromatic N) is 2. The molecule has 0 radical (unpaired) electrons. The zero-order valence-electron chi connectivity index (χ0n) is 17.2. The van der Waals surface area contributed by atoms with Crippen LogP contribution < -0.4 is 5.32 Å². The molecule has 1 saturated carbocycles. The van der Waals surface area contributed by atoms with Gasteiger partial charge in [-0.1, -0.05) is 55.7 Å². The van der Waals surface area contributed by atoms with Crippen LogP contribution in [0.3, 0.4) is 0 Å². The van der Waals surface area contributed by atoms with Gasteiger partial charge in [0.1, 0.15) is 5.54 Å². The van der Waals surface area contributed by atoms with Gasteiger partial charge in [-0.15, -0.1) is 0 Å². The SMILES string of the molecule is O=C1CC(/C=C/c2ccccc2)(Nc2ccc([N+](=O)[O-])cc2)C(=O)N1C1CCCCC1. The Morgan fingerprint density at radius 2 is 1.68 bits per heavy atom. The van der Waals surface area contributed by atoms with E-state index in [1.54, 1.807) is 18.2 Å². The van der Waals surface area contributed by atoms with E-state index in [-0.39, 0.29) is 30.0 Å². The Hall–Kier alpha value is -3.48. The number of nitro groups is 1. The molecule has 2 fully saturated rings. The lowest BCUT2D eigenvalue weighted by molar-refractivity contribution is -0.384. The van der Waals surface area contributed by atoms with Crippen molar-refractivity contribution in [2.75, 3.05) is 5.32 Å². The van der Waals surface area contributed by atoms with Crippen LogP contribution >= 0.6 is 0 Å². The van der Waals surface area contributed by atoms with Crippen LogP contribution in [0.15, 0.2) is 60.7 Å². The smallest absolute Gasteiger partial charge is 0.269 e. The average Bonchev–Trinajstić information content (AvgIpc) is 3.03. The number of nitro benzene ring substituents is 1. The molecular formula is C24H25N3O4. The minimum atomic E-state index is -1.22. The van der Waals surface area contributed by atoms with Crippen LogP contribution in [-0.2, 0) is 9.59 Å². The van der Waals surface area contributed by atoms with Crippen LogP contribution in [0, 0.1) is 10.1 Å². The third kappa shape index (κ3) is 4.35. The van der Waals surface area contributed by atoms with Crippen molar-refractivity contribution in [3.8, 4) is 0 Å². The molecule has 1 aliphatic carbocycles. The van der Waals surface area contributed by atoms with Crippen molar-refractivity contribution in [1.82, 2.24) is 4.90 Å². The standard InChI is InChI=1S/C24H25N3O4/c28-22-17-24(16-15-18-7-3-1-4-8-18,23(29)26(22)20-9-5-2-6-10-20)25-19-11-13-21(14-12-19)27(30)31/h1,3-4,7-8,11-16,20,25H,2,5-6,9-10,17H2/b16-15+. The summed E-state index contributed by atoms with van der Waals surface area (Å²) in [6.07, 6.45) is 8.46. The number of hydrogen-bond donors (Lipinski definition) is 1. The van der Waals surface area contributed by atoms with Crippen LogP contribution in [0.2, 0.25) is 0 Å². The van der Waals surface area contributed by atoms with Crippen LogP contribution in [0.5, 0.6) is 0 Å². The van der Waals surface area contributed by atoms with Crippen molar-refractivity contribution in [3.05, 3.63) is 76.4 Å². The van der Waals surface area contributed by atoms with E-state index in [2.05, 4.69) is 5.32 Å². The highest BCUT2D eigenvalue weighted by molar-refractivity contribution is 6.12. The number of rotatable bonds is 6. The highest BCUT2D eigenvalue weighted by Gasteiger charge is 2.52. The normalized spacial score (nSPS) is 22.3. The second kappa shape index (κ2) is 8.71. The Morgan fingerprint density at radius 3 is 2.32 bits per heavy atom. The maximum Gasteiger partial charge on any atom is 0.269 e. The fraction of sp³-hybridized carbons (Fsp3) is 0.333. The summed E-state index contributed by atoms with van der Waals surface area (Å²) in [4.78, 5) is 38.6. The highest BCUT2D eigenvalue weighted by atomic mass is 16.6. The van der Waals surface area contributed by atoms with E-state index in [9.17, 15) is 19.7 Å².